The summed E-state index contributed by atoms with van der Waals surface area (Å²) in [5, 5.41) is 2.04. The second-order valence-corrected chi connectivity index (χ2v) is 5.29. The predicted molar refractivity (Wildman–Crippen MR) is 81.6 cm³/mol. The van der Waals surface area contributed by atoms with Crippen LogP contribution in [-0.2, 0) is 13.1 Å². The monoisotopic (exact) mass is 314 g/mol. The maximum Gasteiger partial charge on any atom is 0.0466 e. The van der Waals surface area contributed by atoms with Gasteiger partial charge in [-0.25, -0.2) is 0 Å². The van der Waals surface area contributed by atoms with Crippen LogP contribution in [0.3, 0.4) is 0 Å². The Kier molecular flexibility index (Phi) is 5.49. The van der Waals surface area contributed by atoms with Gasteiger partial charge in [-0.3, -0.25) is 10.9 Å². The maximum atomic E-state index is 6.08. The molecule has 2 N–H and O–H groups in total. The average molecular weight is 316 g/mol. The minimum Gasteiger partial charge on any atom is -0.253 e. The molecular weight excluding hydrogens is 303 g/mol. The molecule has 5 heteroatoms. The van der Waals surface area contributed by atoms with E-state index in [1.54, 1.807) is 6.07 Å². The van der Waals surface area contributed by atoms with E-state index in [0.717, 1.165) is 16.1 Å². The molecule has 2 rings (SSSR count). The number of rotatable bonds is 5. The van der Waals surface area contributed by atoms with Gasteiger partial charge in [0.1, 0.15) is 0 Å². The van der Waals surface area contributed by atoms with E-state index in [9.17, 15) is 0 Å². The lowest BCUT2D eigenvalue weighted by Crippen LogP contribution is -2.30. The summed E-state index contributed by atoms with van der Waals surface area (Å²) in [5.41, 5.74) is 8.23. The van der Waals surface area contributed by atoms with Crippen molar-refractivity contribution in [2.24, 2.45) is 0 Å². The molecule has 2 aromatic carbocycles. The first-order valence-corrected chi connectivity index (χ1v) is 6.93. The van der Waals surface area contributed by atoms with Gasteiger partial charge in [0.25, 0.3) is 0 Å². The lowest BCUT2D eigenvalue weighted by Gasteiger charge is -2.09. The highest BCUT2D eigenvalue weighted by Crippen LogP contribution is 2.20. The van der Waals surface area contributed by atoms with Crippen LogP contribution in [0.2, 0.25) is 15.1 Å². The van der Waals surface area contributed by atoms with Crippen LogP contribution in [0.1, 0.15) is 11.1 Å². The van der Waals surface area contributed by atoms with E-state index in [1.807, 2.05) is 36.4 Å². The molecule has 0 aliphatic carbocycles. The summed E-state index contributed by atoms with van der Waals surface area (Å²) in [6.45, 7) is 1.26. The zero-order chi connectivity index (χ0) is 13.7. The molecule has 2 aromatic rings. The number of hydrogen-bond acceptors (Lipinski definition) is 2. The molecule has 0 spiro atoms. The van der Waals surface area contributed by atoms with Crippen molar-refractivity contribution in [3.8, 4) is 0 Å². The Morgan fingerprint density at radius 3 is 2.00 bits per heavy atom. The maximum absolute atomic E-state index is 6.08. The van der Waals surface area contributed by atoms with Gasteiger partial charge in [0, 0.05) is 28.2 Å². The molecule has 0 unspecified atom stereocenters. The van der Waals surface area contributed by atoms with Crippen LogP contribution < -0.4 is 10.9 Å². The zero-order valence-corrected chi connectivity index (χ0v) is 12.4. The fourth-order valence-electron chi connectivity index (χ4n) is 1.62. The summed E-state index contributed by atoms with van der Waals surface area (Å²) in [4.78, 5) is 0. The summed E-state index contributed by atoms with van der Waals surface area (Å²) >= 11 is 18.0. The Morgan fingerprint density at radius 1 is 0.737 bits per heavy atom. The molecule has 0 bridgehead atoms. The van der Waals surface area contributed by atoms with Crippen LogP contribution in [0.15, 0.2) is 42.5 Å². The highest BCUT2D eigenvalue weighted by Gasteiger charge is 2.01. The van der Waals surface area contributed by atoms with E-state index < -0.39 is 0 Å². The predicted octanol–water partition coefficient (Wildman–Crippen LogP) is 4.44. The second kappa shape index (κ2) is 7.13. The Bertz CT molecular complexity index is 558. The number of halogens is 3. The summed E-state index contributed by atoms with van der Waals surface area (Å²) < 4.78 is 0. The third-order valence-corrected chi connectivity index (χ3v) is 3.61. The molecule has 0 atom stereocenters. The normalized spacial score (nSPS) is 10.7. The topological polar surface area (TPSA) is 24.1 Å². The van der Waals surface area contributed by atoms with Crippen molar-refractivity contribution in [2.75, 3.05) is 0 Å². The molecule has 0 amide bonds. The minimum absolute atomic E-state index is 0.612. The molecule has 0 saturated heterocycles. The first-order chi connectivity index (χ1) is 9.16. The van der Waals surface area contributed by atoms with Crippen LogP contribution in [0.4, 0.5) is 0 Å². The first kappa shape index (κ1) is 14.6. The minimum atomic E-state index is 0.612. The van der Waals surface area contributed by atoms with Crippen LogP contribution in [-0.4, -0.2) is 0 Å². The molecule has 0 heterocycles. The van der Waals surface area contributed by atoms with Gasteiger partial charge in [-0.05, 0) is 29.3 Å². The van der Waals surface area contributed by atoms with Crippen molar-refractivity contribution in [3.05, 3.63) is 68.7 Å². The largest absolute Gasteiger partial charge is 0.253 e. The van der Waals surface area contributed by atoms with E-state index >= 15 is 0 Å². The number of hydrogen-bond donors (Lipinski definition) is 2. The zero-order valence-electron chi connectivity index (χ0n) is 10.1. The van der Waals surface area contributed by atoms with Gasteiger partial charge in [0.2, 0.25) is 0 Å². The van der Waals surface area contributed by atoms with Gasteiger partial charge in [-0.2, -0.15) is 0 Å². The SMILES string of the molecule is Clc1ccc(CNNCc2ccccc2Cl)c(Cl)c1. The fourth-order valence-corrected chi connectivity index (χ4v) is 2.30. The fraction of sp³-hybridized carbons (Fsp3) is 0.143. The highest BCUT2D eigenvalue weighted by molar-refractivity contribution is 6.35. The van der Waals surface area contributed by atoms with Crippen molar-refractivity contribution in [1.29, 1.82) is 0 Å². The second-order valence-electron chi connectivity index (χ2n) is 4.03. The van der Waals surface area contributed by atoms with Gasteiger partial charge in [-0.1, -0.05) is 59.1 Å². The molecule has 0 aliphatic heterocycles. The van der Waals surface area contributed by atoms with Gasteiger partial charge in [0.15, 0.2) is 0 Å². The van der Waals surface area contributed by atoms with Crippen LogP contribution in [0.25, 0.3) is 0 Å². The van der Waals surface area contributed by atoms with Crippen LogP contribution in [0, 0.1) is 0 Å². The van der Waals surface area contributed by atoms with Crippen molar-refractivity contribution >= 4 is 34.8 Å². The summed E-state index contributed by atoms with van der Waals surface area (Å²) in [5.74, 6) is 0. The summed E-state index contributed by atoms with van der Waals surface area (Å²) in [6.07, 6.45) is 0. The lowest BCUT2D eigenvalue weighted by molar-refractivity contribution is 0.530. The molecule has 19 heavy (non-hydrogen) atoms. The first-order valence-electron chi connectivity index (χ1n) is 5.80. The molecule has 0 saturated carbocycles. The van der Waals surface area contributed by atoms with Crippen LogP contribution in [0.5, 0.6) is 0 Å². The third kappa shape index (κ3) is 4.37. The molecule has 0 aromatic heterocycles. The quantitative estimate of drug-likeness (QED) is 0.629. The molecule has 2 nitrogen and oxygen atoms in total. The van der Waals surface area contributed by atoms with Crippen molar-refractivity contribution < 1.29 is 0 Å². The number of benzene rings is 2. The molecule has 0 aliphatic rings. The lowest BCUT2D eigenvalue weighted by atomic mass is 10.2. The van der Waals surface area contributed by atoms with Gasteiger partial charge >= 0.3 is 0 Å². The smallest absolute Gasteiger partial charge is 0.0466 e. The van der Waals surface area contributed by atoms with Crippen molar-refractivity contribution in [3.63, 3.8) is 0 Å². The summed E-state index contributed by atoms with van der Waals surface area (Å²) in [6, 6.07) is 13.2. The number of nitrogens with one attached hydrogen (secondary N) is 2. The Balaban J connectivity index is 1.83. The Morgan fingerprint density at radius 2 is 1.37 bits per heavy atom. The van der Waals surface area contributed by atoms with Gasteiger partial charge in [-0.15, -0.1) is 0 Å². The van der Waals surface area contributed by atoms with E-state index in [2.05, 4.69) is 10.9 Å². The van der Waals surface area contributed by atoms with Crippen molar-refractivity contribution in [2.45, 2.75) is 13.1 Å². The average Bonchev–Trinajstić information content (AvgIpc) is 2.38. The van der Waals surface area contributed by atoms with E-state index in [4.69, 9.17) is 34.8 Å². The van der Waals surface area contributed by atoms with E-state index in [-0.39, 0.29) is 0 Å². The third-order valence-electron chi connectivity index (χ3n) is 2.66. The molecule has 0 radical (unpaired) electrons. The highest BCUT2D eigenvalue weighted by atomic mass is 35.5. The molecular formula is C14H13Cl3N2. The molecule has 100 valence electrons. The van der Waals surface area contributed by atoms with E-state index in [0.29, 0.717) is 23.1 Å². The summed E-state index contributed by atoms with van der Waals surface area (Å²) in [7, 11) is 0. The molecule has 0 fully saturated rings. The van der Waals surface area contributed by atoms with Crippen LogP contribution >= 0.6 is 34.8 Å². The van der Waals surface area contributed by atoms with Gasteiger partial charge < -0.3 is 0 Å². The number of hydrazine groups is 1. The van der Waals surface area contributed by atoms with Gasteiger partial charge in [0.05, 0.1) is 0 Å². The Hall–Kier alpha value is -0.770. The Labute approximate surface area is 127 Å². The van der Waals surface area contributed by atoms with Crippen molar-refractivity contribution in [1.82, 2.24) is 10.9 Å². The standard InChI is InChI=1S/C14H13Cl3N2/c15-12-6-5-11(14(17)7-12)9-19-18-8-10-3-1-2-4-13(10)16/h1-7,18-19H,8-9H2. The van der Waals surface area contributed by atoms with E-state index in [1.165, 1.54) is 0 Å².